The Balaban J connectivity index is 0.901. The second-order valence-electron chi connectivity index (χ2n) is 12.3. The van der Waals surface area contributed by atoms with E-state index < -0.39 is 11.9 Å². The Labute approximate surface area is 286 Å². The first kappa shape index (κ1) is 32.0. The number of piperidine rings is 1. The van der Waals surface area contributed by atoms with Gasteiger partial charge in [-0.1, -0.05) is 24.3 Å². The Morgan fingerprint density at radius 3 is 2.55 bits per heavy atom. The predicted octanol–water partition coefficient (Wildman–Crippen LogP) is 5.65. The molecule has 248 valence electrons. The summed E-state index contributed by atoms with van der Waals surface area (Å²) in [4.78, 5) is 62.2. The van der Waals surface area contributed by atoms with Gasteiger partial charge in [0.25, 0.3) is 5.91 Å². The molecule has 2 aromatic heterocycles. The van der Waals surface area contributed by atoms with Crippen molar-refractivity contribution in [2.24, 2.45) is 0 Å². The Morgan fingerprint density at radius 1 is 1.00 bits per heavy atom. The highest BCUT2D eigenvalue weighted by molar-refractivity contribution is 7.21. The zero-order valence-corrected chi connectivity index (χ0v) is 27.9. The van der Waals surface area contributed by atoms with Crippen LogP contribution in [0.4, 0.5) is 11.5 Å². The Bertz CT molecular complexity index is 2080. The lowest BCUT2D eigenvalue weighted by Gasteiger charge is -2.29. The Morgan fingerprint density at radius 2 is 1.80 bits per heavy atom. The minimum atomic E-state index is -0.660. The number of benzene rings is 3. The summed E-state index contributed by atoms with van der Waals surface area (Å²) in [5.74, 6) is 0.407. The first-order chi connectivity index (χ1) is 23.7. The van der Waals surface area contributed by atoms with E-state index in [2.05, 4.69) is 45.9 Å². The maximum Gasteiger partial charge on any atom is 0.255 e. The number of hydrogen-bond donors (Lipinski definition) is 2. The molecule has 2 aliphatic rings. The average Bonchev–Trinajstić information content (AvgIpc) is 3.67. The molecule has 0 saturated carbocycles. The molecule has 0 spiro atoms. The van der Waals surface area contributed by atoms with Crippen LogP contribution in [0.25, 0.3) is 31.9 Å². The van der Waals surface area contributed by atoms with Crippen molar-refractivity contribution in [3.63, 3.8) is 0 Å². The van der Waals surface area contributed by atoms with Crippen LogP contribution in [0.2, 0.25) is 0 Å². The number of fused-ring (bicyclic) bond motifs is 2. The fourth-order valence-electron chi connectivity index (χ4n) is 6.04. The number of ether oxygens (including phenoxy) is 1. The van der Waals surface area contributed by atoms with Crippen molar-refractivity contribution < 1.29 is 23.9 Å². The van der Waals surface area contributed by atoms with Crippen LogP contribution in [-0.2, 0) is 20.9 Å². The molecule has 0 aliphatic carbocycles. The summed E-state index contributed by atoms with van der Waals surface area (Å²) >= 11 is 1.58. The topological polar surface area (TPSA) is 134 Å². The van der Waals surface area contributed by atoms with Gasteiger partial charge < -0.3 is 19.9 Å². The molecule has 0 radical (unpaired) electrons. The van der Waals surface area contributed by atoms with Crippen molar-refractivity contribution in [3.05, 3.63) is 90.1 Å². The van der Waals surface area contributed by atoms with Crippen LogP contribution in [-0.4, -0.2) is 65.2 Å². The van der Waals surface area contributed by atoms with E-state index in [1.54, 1.807) is 29.5 Å². The van der Waals surface area contributed by atoms with Crippen LogP contribution in [0.1, 0.15) is 41.6 Å². The molecule has 1 atom stereocenters. The summed E-state index contributed by atoms with van der Waals surface area (Å²) < 4.78 is 6.87. The molecule has 3 aromatic carbocycles. The van der Waals surface area contributed by atoms with Crippen LogP contribution in [0.3, 0.4) is 0 Å². The van der Waals surface area contributed by atoms with E-state index in [9.17, 15) is 19.2 Å². The lowest BCUT2D eigenvalue weighted by molar-refractivity contribution is -0.137. The molecule has 5 aromatic rings. The smallest absolute Gasteiger partial charge is 0.255 e. The number of thiazole rings is 1. The third-order valence-corrected chi connectivity index (χ3v) is 9.72. The largest absolute Gasteiger partial charge is 0.494 e. The maximum absolute atomic E-state index is 12.9. The minimum Gasteiger partial charge on any atom is -0.494 e. The summed E-state index contributed by atoms with van der Waals surface area (Å²) in [5, 5.41) is 6.20. The average molecular weight is 675 g/mol. The number of amides is 4. The maximum atomic E-state index is 12.9. The molecule has 4 heterocycles. The molecule has 11 nitrogen and oxygen atoms in total. The number of aromatic nitrogens is 2. The first-order valence-electron chi connectivity index (χ1n) is 16.1. The van der Waals surface area contributed by atoms with E-state index in [1.165, 1.54) is 4.90 Å². The third kappa shape index (κ3) is 6.86. The minimum absolute atomic E-state index is 0.115. The second-order valence-corrected chi connectivity index (χ2v) is 13.3. The standard InChI is InChI=1S/C37H34N6O5S/c1-42(2)32-15-9-24(20-38-32)22-5-7-23(8-6-22)36-40-29-13-10-26(19-31(29)49-36)39-33(44)4-3-17-48-27-11-12-28-25(18-27)21-43(37(28)47)30-14-16-34(45)41-35(30)46/h5-13,15,18-20,30H,3-4,14,16-17,21H2,1-2H3,(H,39,44)(H,41,45,46). The highest BCUT2D eigenvalue weighted by Gasteiger charge is 2.39. The molecule has 49 heavy (non-hydrogen) atoms. The summed E-state index contributed by atoms with van der Waals surface area (Å²) in [7, 11) is 3.94. The zero-order chi connectivity index (χ0) is 34.1. The van der Waals surface area contributed by atoms with Crippen molar-refractivity contribution in [1.82, 2.24) is 20.2 Å². The molecule has 2 aliphatic heterocycles. The lowest BCUT2D eigenvalue weighted by atomic mass is 10.0. The fourth-order valence-corrected chi connectivity index (χ4v) is 7.05. The Hall–Kier alpha value is -5.62. The molecular weight excluding hydrogens is 641 g/mol. The number of carbonyl (C=O) groups excluding carboxylic acids is 4. The van der Waals surface area contributed by atoms with Gasteiger partial charge in [-0.3, -0.25) is 24.5 Å². The van der Waals surface area contributed by atoms with Gasteiger partial charge in [-0.05, 0) is 72.5 Å². The van der Waals surface area contributed by atoms with Gasteiger partial charge in [0, 0.05) is 62.1 Å². The van der Waals surface area contributed by atoms with E-state index >= 15 is 0 Å². The van der Waals surface area contributed by atoms with E-state index in [1.807, 2.05) is 49.5 Å². The number of hydrogen-bond acceptors (Lipinski definition) is 9. The van der Waals surface area contributed by atoms with Crippen molar-refractivity contribution in [1.29, 1.82) is 0 Å². The number of rotatable bonds is 10. The van der Waals surface area contributed by atoms with Gasteiger partial charge in [0.1, 0.15) is 22.6 Å². The number of nitrogens with one attached hydrogen (secondary N) is 2. The van der Waals surface area contributed by atoms with Gasteiger partial charge >= 0.3 is 0 Å². The molecule has 1 unspecified atom stereocenters. The first-order valence-corrected chi connectivity index (χ1v) is 16.9. The second kappa shape index (κ2) is 13.5. The highest BCUT2D eigenvalue weighted by atomic mass is 32.1. The van der Waals surface area contributed by atoms with Crippen molar-refractivity contribution in [2.75, 3.05) is 30.9 Å². The lowest BCUT2D eigenvalue weighted by Crippen LogP contribution is -2.52. The van der Waals surface area contributed by atoms with Gasteiger partial charge in [-0.2, -0.15) is 0 Å². The van der Waals surface area contributed by atoms with Crippen LogP contribution in [0, 0.1) is 0 Å². The third-order valence-electron chi connectivity index (χ3n) is 8.66. The summed E-state index contributed by atoms with van der Waals surface area (Å²) in [6.45, 7) is 0.604. The van der Waals surface area contributed by atoms with Gasteiger partial charge in [0.15, 0.2) is 0 Å². The van der Waals surface area contributed by atoms with E-state index in [0.29, 0.717) is 36.4 Å². The van der Waals surface area contributed by atoms with Crippen molar-refractivity contribution >= 4 is 56.7 Å². The summed E-state index contributed by atoms with van der Waals surface area (Å²) in [6, 6.07) is 22.6. The van der Waals surface area contributed by atoms with E-state index in [0.717, 1.165) is 43.3 Å². The quantitative estimate of drug-likeness (QED) is 0.144. The van der Waals surface area contributed by atoms with Gasteiger partial charge in [-0.15, -0.1) is 11.3 Å². The highest BCUT2D eigenvalue weighted by Crippen LogP contribution is 2.34. The molecule has 2 N–H and O–H groups in total. The number of carbonyl (C=O) groups is 4. The number of imide groups is 1. The van der Waals surface area contributed by atoms with Crippen LogP contribution >= 0.6 is 11.3 Å². The van der Waals surface area contributed by atoms with Gasteiger partial charge in [0.05, 0.1) is 16.8 Å². The van der Waals surface area contributed by atoms with Crippen LogP contribution in [0.15, 0.2) is 79.0 Å². The van der Waals surface area contributed by atoms with Crippen molar-refractivity contribution in [3.8, 4) is 27.4 Å². The molecule has 7 rings (SSSR count). The van der Waals surface area contributed by atoms with Crippen molar-refractivity contribution in [2.45, 2.75) is 38.3 Å². The molecule has 1 fully saturated rings. The number of pyridine rings is 1. The fraction of sp³-hybridized carbons (Fsp3) is 0.243. The van der Waals surface area contributed by atoms with Gasteiger partial charge in [-0.25, -0.2) is 9.97 Å². The zero-order valence-electron chi connectivity index (χ0n) is 27.1. The molecule has 12 heteroatoms. The molecule has 1 saturated heterocycles. The van der Waals surface area contributed by atoms with Crippen LogP contribution < -0.4 is 20.3 Å². The predicted molar refractivity (Wildman–Crippen MR) is 188 cm³/mol. The monoisotopic (exact) mass is 674 g/mol. The summed E-state index contributed by atoms with van der Waals surface area (Å²) in [6.07, 6.45) is 3.18. The Kier molecular flexibility index (Phi) is 8.79. The number of nitrogens with zero attached hydrogens (tertiary/aromatic N) is 4. The number of anilines is 2. The summed E-state index contributed by atoms with van der Waals surface area (Å²) in [5.41, 5.74) is 6.03. The molecule has 4 amide bonds. The van der Waals surface area contributed by atoms with Gasteiger partial charge in [0.2, 0.25) is 17.7 Å². The van der Waals surface area contributed by atoms with Crippen LogP contribution in [0.5, 0.6) is 5.75 Å². The SMILES string of the molecule is CN(C)c1ccc(-c2ccc(-c3nc4ccc(NC(=O)CCCOc5ccc6c(c5)CN(C5CCC(=O)NC5=O)C6=O)cc4s3)cc2)cn1. The molecule has 0 bridgehead atoms. The van der Waals surface area contributed by atoms with E-state index in [-0.39, 0.29) is 37.1 Å². The normalized spacial score (nSPS) is 15.7. The van der Waals surface area contributed by atoms with E-state index in [4.69, 9.17) is 9.72 Å². The molecular formula is C37H34N6O5S.